The molecular formula is C24H22FN5O2S. The van der Waals surface area contributed by atoms with Crippen LogP contribution >= 0.6 is 11.3 Å². The number of benzene rings is 2. The first-order chi connectivity index (χ1) is 16.2. The van der Waals surface area contributed by atoms with E-state index in [9.17, 15) is 9.18 Å². The highest BCUT2D eigenvalue weighted by Gasteiger charge is 2.20. The lowest BCUT2D eigenvalue weighted by Gasteiger charge is -2.25. The van der Waals surface area contributed by atoms with E-state index in [1.54, 1.807) is 23.0 Å². The number of amides is 1. The maximum atomic E-state index is 13.5. The molecule has 1 saturated heterocycles. The lowest BCUT2D eigenvalue weighted by Crippen LogP contribution is -2.35. The molecule has 4 aromatic rings. The smallest absolute Gasteiger partial charge is 0.261 e. The Hall–Kier alpha value is -3.40. The van der Waals surface area contributed by atoms with Gasteiger partial charge in [0.25, 0.3) is 5.91 Å². The summed E-state index contributed by atoms with van der Waals surface area (Å²) >= 11 is 1.39. The number of para-hydroxylation sites is 1. The second-order valence-electron chi connectivity index (χ2n) is 7.67. The lowest BCUT2D eigenvalue weighted by molar-refractivity contribution is 0.0337. The zero-order valence-corrected chi connectivity index (χ0v) is 18.6. The van der Waals surface area contributed by atoms with Crippen molar-refractivity contribution in [2.75, 3.05) is 31.6 Å². The summed E-state index contributed by atoms with van der Waals surface area (Å²) < 4.78 is 20.5. The molecule has 1 aliphatic heterocycles. The van der Waals surface area contributed by atoms with E-state index in [-0.39, 0.29) is 11.7 Å². The Morgan fingerprint density at radius 3 is 2.61 bits per heavy atom. The number of nitrogens with one attached hydrogen (secondary N) is 1. The number of nitrogens with zero attached hydrogens (tertiary/aromatic N) is 4. The van der Waals surface area contributed by atoms with Gasteiger partial charge in [-0.25, -0.2) is 14.1 Å². The monoisotopic (exact) mass is 463 g/mol. The predicted molar refractivity (Wildman–Crippen MR) is 125 cm³/mol. The van der Waals surface area contributed by atoms with Crippen LogP contribution in [-0.4, -0.2) is 51.9 Å². The van der Waals surface area contributed by atoms with Crippen LogP contribution in [0.4, 0.5) is 9.52 Å². The van der Waals surface area contributed by atoms with Crippen LogP contribution in [-0.2, 0) is 11.3 Å². The van der Waals surface area contributed by atoms with Crippen molar-refractivity contribution in [1.29, 1.82) is 0 Å². The van der Waals surface area contributed by atoms with Crippen LogP contribution in [0.1, 0.15) is 16.1 Å². The van der Waals surface area contributed by atoms with Crippen molar-refractivity contribution in [3.8, 4) is 16.9 Å². The van der Waals surface area contributed by atoms with E-state index in [4.69, 9.17) is 4.74 Å². The minimum absolute atomic E-state index is 0.316. The van der Waals surface area contributed by atoms with Crippen LogP contribution in [0, 0.1) is 5.82 Å². The molecule has 0 spiro atoms. The van der Waals surface area contributed by atoms with Gasteiger partial charge in [-0.3, -0.25) is 15.0 Å². The van der Waals surface area contributed by atoms with Gasteiger partial charge in [-0.2, -0.15) is 5.10 Å². The SMILES string of the molecule is O=C(Nc1nc(CN2CCOCC2)cs1)c1cn(-c2ccccc2)nc1-c1ccc(F)cc1. The molecule has 2 aromatic heterocycles. The van der Waals surface area contributed by atoms with Crippen molar-refractivity contribution in [3.05, 3.63) is 83.2 Å². The van der Waals surface area contributed by atoms with E-state index in [2.05, 4.69) is 20.3 Å². The first-order valence-corrected chi connectivity index (χ1v) is 11.5. The molecule has 168 valence electrons. The molecule has 0 bridgehead atoms. The summed E-state index contributed by atoms with van der Waals surface area (Å²) in [5.74, 6) is -0.661. The Kier molecular flexibility index (Phi) is 6.25. The summed E-state index contributed by atoms with van der Waals surface area (Å²) in [6.45, 7) is 3.93. The molecule has 1 amide bonds. The van der Waals surface area contributed by atoms with Crippen molar-refractivity contribution < 1.29 is 13.9 Å². The molecule has 0 atom stereocenters. The fraction of sp³-hybridized carbons (Fsp3) is 0.208. The molecular weight excluding hydrogens is 441 g/mol. The maximum Gasteiger partial charge on any atom is 0.261 e. The first kappa shape index (κ1) is 21.4. The highest BCUT2D eigenvalue weighted by atomic mass is 32.1. The van der Waals surface area contributed by atoms with Gasteiger partial charge in [-0.05, 0) is 36.4 Å². The largest absolute Gasteiger partial charge is 0.379 e. The van der Waals surface area contributed by atoms with Gasteiger partial charge in [0.1, 0.15) is 11.5 Å². The van der Waals surface area contributed by atoms with E-state index in [1.807, 2.05) is 35.7 Å². The number of thiazole rings is 1. The molecule has 5 rings (SSSR count). The number of morpholine rings is 1. The van der Waals surface area contributed by atoms with Crippen molar-refractivity contribution in [3.63, 3.8) is 0 Å². The Morgan fingerprint density at radius 1 is 1.09 bits per heavy atom. The third kappa shape index (κ3) is 5.00. The standard InChI is InChI=1S/C24H22FN5O2S/c25-18-8-6-17(7-9-18)22-21(15-30(28-22)20-4-2-1-3-5-20)23(31)27-24-26-19(16-33-24)14-29-10-12-32-13-11-29/h1-9,15-16H,10-14H2,(H,26,27,31). The van der Waals surface area contributed by atoms with Crippen molar-refractivity contribution >= 4 is 22.4 Å². The Bertz CT molecular complexity index is 1230. The zero-order chi connectivity index (χ0) is 22.6. The number of carbonyl (C=O) groups excluding carboxylic acids is 1. The topological polar surface area (TPSA) is 72.3 Å². The summed E-state index contributed by atoms with van der Waals surface area (Å²) in [6.07, 6.45) is 1.69. The van der Waals surface area contributed by atoms with E-state index in [0.29, 0.717) is 22.0 Å². The lowest BCUT2D eigenvalue weighted by atomic mass is 10.1. The fourth-order valence-corrected chi connectivity index (χ4v) is 4.36. The normalized spacial score (nSPS) is 14.3. The van der Waals surface area contributed by atoms with Gasteiger partial charge in [-0.15, -0.1) is 11.3 Å². The van der Waals surface area contributed by atoms with Crippen LogP contribution in [0.15, 0.2) is 66.2 Å². The Balaban J connectivity index is 1.40. The van der Waals surface area contributed by atoms with E-state index < -0.39 is 0 Å². The Labute approximate surface area is 194 Å². The maximum absolute atomic E-state index is 13.5. The third-order valence-corrected chi connectivity index (χ3v) is 6.17. The van der Waals surface area contributed by atoms with Crippen molar-refractivity contribution in [1.82, 2.24) is 19.7 Å². The molecule has 3 heterocycles. The van der Waals surface area contributed by atoms with E-state index in [1.165, 1.54) is 23.5 Å². The molecule has 0 radical (unpaired) electrons. The van der Waals surface area contributed by atoms with E-state index in [0.717, 1.165) is 44.2 Å². The average molecular weight is 464 g/mol. The van der Waals surface area contributed by atoms with Crippen LogP contribution in [0.5, 0.6) is 0 Å². The second kappa shape index (κ2) is 9.62. The number of rotatable bonds is 6. The zero-order valence-electron chi connectivity index (χ0n) is 17.8. The van der Waals surface area contributed by atoms with Gasteiger partial charge < -0.3 is 4.74 Å². The predicted octanol–water partition coefficient (Wildman–Crippen LogP) is 4.22. The van der Waals surface area contributed by atoms with Crippen LogP contribution in [0.25, 0.3) is 16.9 Å². The van der Waals surface area contributed by atoms with Crippen LogP contribution in [0.3, 0.4) is 0 Å². The number of hydrogen-bond acceptors (Lipinski definition) is 6. The number of ether oxygens (including phenoxy) is 1. The third-order valence-electron chi connectivity index (χ3n) is 5.36. The van der Waals surface area contributed by atoms with Crippen molar-refractivity contribution in [2.45, 2.75) is 6.54 Å². The molecule has 1 fully saturated rings. The fourth-order valence-electron chi connectivity index (χ4n) is 3.66. The number of hydrogen-bond donors (Lipinski definition) is 1. The number of anilines is 1. The molecule has 1 aliphatic rings. The number of aromatic nitrogens is 3. The minimum Gasteiger partial charge on any atom is -0.379 e. The highest BCUT2D eigenvalue weighted by molar-refractivity contribution is 7.14. The molecule has 0 saturated carbocycles. The van der Waals surface area contributed by atoms with Crippen LogP contribution < -0.4 is 5.32 Å². The van der Waals surface area contributed by atoms with Gasteiger partial charge in [0, 0.05) is 36.8 Å². The highest BCUT2D eigenvalue weighted by Crippen LogP contribution is 2.26. The van der Waals surface area contributed by atoms with Gasteiger partial charge in [0.05, 0.1) is 30.2 Å². The molecule has 9 heteroatoms. The molecule has 2 aromatic carbocycles. The molecule has 7 nitrogen and oxygen atoms in total. The molecule has 1 N–H and O–H groups in total. The molecule has 0 aliphatic carbocycles. The average Bonchev–Trinajstić information content (AvgIpc) is 3.48. The van der Waals surface area contributed by atoms with E-state index >= 15 is 0 Å². The first-order valence-electron chi connectivity index (χ1n) is 10.6. The summed E-state index contributed by atoms with van der Waals surface area (Å²) in [7, 11) is 0. The molecule has 0 unspecified atom stereocenters. The number of carbonyl (C=O) groups is 1. The molecule has 33 heavy (non-hydrogen) atoms. The second-order valence-corrected chi connectivity index (χ2v) is 8.52. The van der Waals surface area contributed by atoms with Gasteiger partial charge >= 0.3 is 0 Å². The van der Waals surface area contributed by atoms with Crippen molar-refractivity contribution in [2.24, 2.45) is 0 Å². The summed E-state index contributed by atoms with van der Waals surface area (Å²) in [5.41, 5.74) is 3.25. The van der Waals surface area contributed by atoms with Crippen LogP contribution in [0.2, 0.25) is 0 Å². The van der Waals surface area contributed by atoms with Gasteiger partial charge in [0.15, 0.2) is 5.13 Å². The number of halogens is 1. The summed E-state index contributed by atoms with van der Waals surface area (Å²) in [6, 6.07) is 15.5. The van der Waals surface area contributed by atoms with Gasteiger partial charge in [0.2, 0.25) is 0 Å². The quantitative estimate of drug-likeness (QED) is 0.464. The Morgan fingerprint density at radius 2 is 1.85 bits per heavy atom. The van der Waals surface area contributed by atoms with Gasteiger partial charge in [-0.1, -0.05) is 18.2 Å². The summed E-state index contributed by atoms with van der Waals surface area (Å²) in [5, 5.41) is 10.0. The summed E-state index contributed by atoms with van der Waals surface area (Å²) in [4.78, 5) is 20.1. The minimum atomic E-state index is -0.345.